The molecule has 2 aliphatic rings. The standard InChI is InChI=1S/C14H22N2O3S2.ClH/c1-19-13-6-9-20-14(13)21(17,18)16-7-4-12(5-8-16)15-10-11-2-3-11;/h6,9,11-12,15H,2-5,7-8,10H2,1H3;1H. The van der Waals surface area contributed by atoms with E-state index in [2.05, 4.69) is 5.32 Å². The van der Waals surface area contributed by atoms with E-state index in [0.717, 1.165) is 25.3 Å². The van der Waals surface area contributed by atoms with Crippen molar-refractivity contribution in [1.29, 1.82) is 0 Å². The Labute approximate surface area is 142 Å². The fourth-order valence-corrected chi connectivity index (χ4v) is 5.58. The van der Waals surface area contributed by atoms with Crippen LogP contribution in [-0.4, -0.2) is 45.5 Å². The van der Waals surface area contributed by atoms with Crippen molar-refractivity contribution in [3.8, 4) is 5.75 Å². The number of nitrogens with zero attached hydrogens (tertiary/aromatic N) is 1. The van der Waals surface area contributed by atoms with E-state index in [0.29, 0.717) is 29.1 Å². The molecular weight excluding hydrogens is 344 g/mol. The molecule has 0 atom stereocenters. The van der Waals surface area contributed by atoms with Crippen molar-refractivity contribution in [1.82, 2.24) is 9.62 Å². The van der Waals surface area contributed by atoms with E-state index in [1.807, 2.05) is 0 Å². The van der Waals surface area contributed by atoms with E-state index < -0.39 is 10.0 Å². The zero-order valence-electron chi connectivity index (χ0n) is 12.7. The molecule has 0 spiro atoms. The van der Waals surface area contributed by atoms with Gasteiger partial charge in [-0.1, -0.05) is 0 Å². The summed E-state index contributed by atoms with van der Waals surface area (Å²) in [4.78, 5) is 0. The minimum Gasteiger partial charge on any atom is -0.494 e. The molecule has 1 N–H and O–H groups in total. The highest BCUT2D eigenvalue weighted by Crippen LogP contribution is 2.33. The van der Waals surface area contributed by atoms with Gasteiger partial charge < -0.3 is 10.1 Å². The number of methoxy groups -OCH3 is 1. The Morgan fingerprint density at radius 1 is 1.32 bits per heavy atom. The van der Waals surface area contributed by atoms with Gasteiger partial charge in [0.05, 0.1) is 7.11 Å². The minimum absolute atomic E-state index is 0. The summed E-state index contributed by atoms with van der Waals surface area (Å²) >= 11 is 1.23. The van der Waals surface area contributed by atoms with Gasteiger partial charge in [0.2, 0.25) is 0 Å². The third-order valence-electron chi connectivity index (χ3n) is 4.24. The second-order valence-corrected chi connectivity index (χ2v) is 8.86. The van der Waals surface area contributed by atoms with Crippen LogP contribution in [0.5, 0.6) is 5.75 Å². The Kier molecular flexibility index (Phi) is 6.13. The molecule has 22 heavy (non-hydrogen) atoms. The Bertz CT molecular complexity index is 579. The van der Waals surface area contributed by atoms with Gasteiger partial charge in [-0.05, 0) is 49.6 Å². The van der Waals surface area contributed by atoms with Gasteiger partial charge >= 0.3 is 0 Å². The number of sulfonamides is 1. The van der Waals surface area contributed by atoms with Crippen LogP contribution in [0.15, 0.2) is 15.7 Å². The molecule has 1 aliphatic carbocycles. The molecule has 1 aromatic rings. The van der Waals surface area contributed by atoms with E-state index in [1.165, 1.54) is 31.3 Å². The summed E-state index contributed by atoms with van der Waals surface area (Å²) in [6.07, 6.45) is 4.47. The van der Waals surface area contributed by atoms with Gasteiger partial charge in [0, 0.05) is 19.1 Å². The Morgan fingerprint density at radius 2 is 2.00 bits per heavy atom. The highest BCUT2D eigenvalue weighted by molar-refractivity contribution is 7.91. The number of hydrogen-bond donors (Lipinski definition) is 1. The number of hydrogen-bond acceptors (Lipinski definition) is 5. The maximum absolute atomic E-state index is 12.6. The monoisotopic (exact) mass is 366 g/mol. The number of nitrogens with one attached hydrogen (secondary N) is 1. The Morgan fingerprint density at radius 3 is 2.59 bits per heavy atom. The molecule has 5 nitrogen and oxygen atoms in total. The van der Waals surface area contributed by atoms with Gasteiger partial charge in [0.25, 0.3) is 10.0 Å². The van der Waals surface area contributed by atoms with E-state index in [1.54, 1.807) is 15.8 Å². The first-order valence-electron chi connectivity index (χ1n) is 7.46. The SMILES string of the molecule is COc1ccsc1S(=O)(=O)N1CCC(NCC2CC2)CC1.Cl. The first-order chi connectivity index (χ1) is 10.1. The van der Waals surface area contributed by atoms with Crippen molar-refractivity contribution in [2.24, 2.45) is 5.92 Å². The van der Waals surface area contributed by atoms with Crippen LogP contribution in [0.4, 0.5) is 0 Å². The first kappa shape index (κ1) is 18.0. The maximum Gasteiger partial charge on any atom is 0.256 e. The molecule has 2 heterocycles. The molecule has 0 aromatic carbocycles. The van der Waals surface area contributed by atoms with Crippen LogP contribution in [-0.2, 0) is 10.0 Å². The molecule has 3 rings (SSSR count). The predicted octanol–water partition coefficient (Wildman–Crippen LogP) is 2.33. The van der Waals surface area contributed by atoms with E-state index >= 15 is 0 Å². The highest BCUT2D eigenvalue weighted by atomic mass is 35.5. The average Bonchev–Trinajstić information content (AvgIpc) is 3.19. The van der Waals surface area contributed by atoms with Crippen molar-refractivity contribution in [3.63, 3.8) is 0 Å². The van der Waals surface area contributed by atoms with Crippen LogP contribution < -0.4 is 10.1 Å². The predicted molar refractivity (Wildman–Crippen MR) is 90.6 cm³/mol. The summed E-state index contributed by atoms with van der Waals surface area (Å²) < 4.78 is 32.4. The summed E-state index contributed by atoms with van der Waals surface area (Å²) in [5, 5.41) is 5.33. The summed E-state index contributed by atoms with van der Waals surface area (Å²) in [6, 6.07) is 2.17. The summed E-state index contributed by atoms with van der Waals surface area (Å²) in [5.74, 6) is 1.32. The van der Waals surface area contributed by atoms with Crippen molar-refractivity contribution < 1.29 is 13.2 Å². The van der Waals surface area contributed by atoms with Gasteiger partial charge in [0.15, 0.2) is 4.21 Å². The molecular formula is C14H23ClN2O3S2. The van der Waals surface area contributed by atoms with E-state index in [9.17, 15) is 8.42 Å². The minimum atomic E-state index is -3.40. The third kappa shape index (κ3) is 3.94. The molecule has 0 unspecified atom stereocenters. The van der Waals surface area contributed by atoms with Crippen LogP contribution in [0.2, 0.25) is 0 Å². The molecule has 0 bridgehead atoms. The maximum atomic E-state index is 12.6. The topological polar surface area (TPSA) is 58.6 Å². The van der Waals surface area contributed by atoms with Crippen LogP contribution in [0.25, 0.3) is 0 Å². The van der Waals surface area contributed by atoms with E-state index in [4.69, 9.17) is 4.74 Å². The fraction of sp³-hybridized carbons (Fsp3) is 0.714. The van der Waals surface area contributed by atoms with Crippen molar-refractivity contribution >= 4 is 33.8 Å². The number of rotatable bonds is 6. The second-order valence-electron chi connectivity index (χ2n) is 5.81. The van der Waals surface area contributed by atoms with Crippen LogP contribution >= 0.6 is 23.7 Å². The summed E-state index contributed by atoms with van der Waals surface area (Å²) in [6.45, 7) is 2.27. The summed E-state index contributed by atoms with van der Waals surface area (Å²) in [7, 11) is -1.90. The van der Waals surface area contributed by atoms with Crippen LogP contribution in [0, 0.1) is 5.92 Å². The van der Waals surface area contributed by atoms with Crippen molar-refractivity contribution in [3.05, 3.63) is 11.4 Å². The van der Waals surface area contributed by atoms with Gasteiger partial charge in [-0.25, -0.2) is 8.42 Å². The zero-order valence-corrected chi connectivity index (χ0v) is 15.1. The lowest BCUT2D eigenvalue weighted by Crippen LogP contribution is -2.45. The normalized spacial score (nSPS) is 20.6. The Balaban J connectivity index is 0.00000176. The highest BCUT2D eigenvalue weighted by Gasteiger charge is 2.32. The first-order valence-corrected chi connectivity index (χ1v) is 9.78. The van der Waals surface area contributed by atoms with Crippen molar-refractivity contribution in [2.45, 2.75) is 35.9 Å². The van der Waals surface area contributed by atoms with E-state index in [-0.39, 0.29) is 12.4 Å². The smallest absolute Gasteiger partial charge is 0.256 e. The quantitative estimate of drug-likeness (QED) is 0.839. The number of ether oxygens (including phenoxy) is 1. The third-order valence-corrected chi connectivity index (χ3v) is 7.56. The lowest BCUT2D eigenvalue weighted by atomic mass is 10.1. The number of thiophene rings is 1. The molecule has 8 heteroatoms. The van der Waals surface area contributed by atoms with Crippen LogP contribution in [0.1, 0.15) is 25.7 Å². The van der Waals surface area contributed by atoms with Gasteiger partial charge in [-0.3, -0.25) is 0 Å². The average molecular weight is 367 g/mol. The lowest BCUT2D eigenvalue weighted by Gasteiger charge is -2.31. The largest absolute Gasteiger partial charge is 0.494 e. The van der Waals surface area contributed by atoms with Gasteiger partial charge in [0.1, 0.15) is 5.75 Å². The molecule has 126 valence electrons. The van der Waals surface area contributed by atoms with Gasteiger partial charge in [-0.2, -0.15) is 4.31 Å². The van der Waals surface area contributed by atoms with Gasteiger partial charge in [-0.15, -0.1) is 23.7 Å². The molecule has 1 aliphatic heterocycles. The molecule has 0 amide bonds. The molecule has 1 saturated heterocycles. The fourth-order valence-electron chi connectivity index (χ4n) is 2.70. The lowest BCUT2D eigenvalue weighted by molar-refractivity contribution is 0.287. The van der Waals surface area contributed by atoms with Crippen molar-refractivity contribution in [2.75, 3.05) is 26.7 Å². The second kappa shape index (κ2) is 7.49. The number of halogens is 1. The molecule has 0 radical (unpaired) electrons. The molecule has 2 fully saturated rings. The molecule has 1 aromatic heterocycles. The summed E-state index contributed by atoms with van der Waals surface area (Å²) in [5.41, 5.74) is 0. The van der Waals surface area contributed by atoms with Crippen LogP contribution in [0.3, 0.4) is 0 Å². The molecule has 1 saturated carbocycles. The zero-order chi connectivity index (χ0) is 14.9. The number of piperidine rings is 1. The Hall–Kier alpha value is -0.340.